The molecule has 1 aromatic heterocycles. The molecule has 1 aliphatic carbocycles. The second-order valence-electron chi connectivity index (χ2n) is 4.58. The molecule has 1 fully saturated rings. The molecule has 0 bridgehead atoms. The Bertz CT molecular complexity index is 346. The van der Waals surface area contributed by atoms with Gasteiger partial charge in [0.25, 0.3) is 0 Å². The van der Waals surface area contributed by atoms with Crippen molar-refractivity contribution in [3.8, 4) is 0 Å². The van der Waals surface area contributed by atoms with Gasteiger partial charge in [0.15, 0.2) is 0 Å². The summed E-state index contributed by atoms with van der Waals surface area (Å²) in [5.74, 6) is 0.856. The minimum absolute atomic E-state index is 0.719. The summed E-state index contributed by atoms with van der Waals surface area (Å²) in [6, 6.07) is 0. The summed E-state index contributed by atoms with van der Waals surface area (Å²) < 4.78 is 7.39. The molecule has 1 aromatic rings. The zero-order valence-corrected chi connectivity index (χ0v) is 10.8. The maximum Gasteiger partial charge on any atom is 0.0996 e. The van der Waals surface area contributed by atoms with Crippen LogP contribution in [0.25, 0.3) is 0 Å². The Morgan fingerprint density at radius 2 is 2.29 bits per heavy atom. The van der Waals surface area contributed by atoms with E-state index in [9.17, 15) is 0 Å². The Balaban J connectivity index is 2.01. The van der Waals surface area contributed by atoms with Crippen LogP contribution in [0.2, 0.25) is 0 Å². The van der Waals surface area contributed by atoms with Crippen LogP contribution in [0.3, 0.4) is 0 Å². The minimum Gasteiger partial charge on any atom is -0.380 e. The largest absolute Gasteiger partial charge is 0.380 e. The molecule has 0 aliphatic heterocycles. The van der Waals surface area contributed by atoms with Crippen LogP contribution >= 0.6 is 0 Å². The number of aromatic nitrogens is 3. The van der Waals surface area contributed by atoms with E-state index in [2.05, 4.69) is 15.6 Å². The lowest BCUT2D eigenvalue weighted by molar-refractivity contribution is 0.135. The van der Waals surface area contributed by atoms with Crippen LogP contribution in [0.5, 0.6) is 0 Å². The molecule has 1 heterocycles. The minimum atomic E-state index is 0.719. The van der Waals surface area contributed by atoms with Gasteiger partial charge >= 0.3 is 0 Å². The first-order valence-electron chi connectivity index (χ1n) is 6.48. The van der Waals surface area contributed by atoms with Crippen molar-refractivity contribution in [3.63, 3.8) is 0 Å². The highest BCUT2D eigenvalue weighted by molar-refractivity contribution is 5.12. The lowest BCUT2D eigenvalue weighted by Crippen LogP contribution is -2.13. The molecule has 2 rings (SSSR count). The maximum atomic E-state index is 5.38. The molecule has 5 heteroatoms. The average molecular weight is 238 g/mol. The van der Waals surface area contributed by atoms with Crippen LogP contribution in [-0.2, 0) is 24.2 Å². The van der Waals surface area contributed by atoms with Gasteiger partial charge in [0, 0.05) is 13.2 Å². The normalized spacial score (nSPS) is 15.4. The van der Waals surface area contributed by atoms with Gasteiger partial charge in [-0.3, -0.25) is 0 Å². The standard InChI is InChI=1S/C12H22N4O/c1-3-17-7-6-16-12(8-10-4-5-10)11(9-13-2)14-15-16/h10,13H,3-9H2,1-2H3. The van der Waals surface area contributed by atoms with Gasteiger partial charge in [-0.25, -0.2) is 4.68 Å². The molecule has 17 heavy (non-hydrogen) atoms. The summed E-state index contributed by atoms with van der Waals surface area (Å²) >= 11 is 0. The molecule has 0 spiro atoms. The van der Waals surface area contributed by atoms with E-state index in [4.69, 9.17) is 4.74 Å². The zero-order valence-electron chi connectivity index (χ0n) is 10.8. The smallest absolute Gasteiger partial charge is 0.0996 e. The van der Waals surface area contributed by atoms with E-state index >= 15 is 0 Å². The van der Waals surface area contributed by atoms with Crippen LogP contribution < -0.4 is 5.32 Å². The highest BCUT2D eigenvalue weighted by Crippen LogP contribution is 2.33. The third-order valence-corrected chi connectivity index (χ3v) is 3.09. The molecule has 0 saturated heterocycles. The van der Waals surface area contributed by atoms with Crippen molar-refractivity contribution in [1.29, 1.82) is 0 Å². The molecule has 0 unspecified atom stereocenters. The fraction of sp³-hybridized carbons (Fsp3) is 0.833. The molecular formula is C12H22N4O. The van der Waals surface area contributed by atoms with Crippen LogP contribution in [0.1, 0.15) is 31.2 Å². The summed E-state index contributed by atoms with van der Waals surface area (Å²) in [6.45, 7) is 5.11. The van der Waals surface area contributed by atoms with Crippen molar-refractivity contribution in [1.82, 2.24) is 20.3 Å². The Kier molecular flexibility index (Phi) is 4.50. The predicted molar refractivity (Wildman–Crippen MR) is 65.7 cm³/mol. The summed E-state index contributed by atoms with van der Waals surface area (Å²) in [5.41, 5.74) is 2.39. The topological polar surface area (TPSA) is 52.0 Å². The van der Waals surface area contributed by atoms with Gasteiger partial charge in [-0.1, -0.05) is 5.21 Å². The van der Waals surface area contributed by atoms with E-state index < -0.39 is 0 Å². The molecule has 0 amide bonds. The number of ether oxygens (including phenoxy) is 1. The highest BCUT2D eigenvalue weighted by Gasteiger charge is 2.25. The number of hydrogen-bond acceptors (Lipinski definition) is 4. The third-order valence-electron chi connectivity index (χ3n) is 3.09. The first-order chi connectivity index (χ1) is 8.35. The van der Waals surface area contributed by atoms with E-state index in [1.165, 1.54) is 18.5 Å². The van der Waals surface area contributed by atoms with Crippen molar-refractivity contribution in [2.75, 3.05) is 20.3 Å². The molecular weight excluding hydrogens is 216 g/mol. The van der Waals surface area contributed by atoms with Crippen molar-refractivity contribution in [3.05, 3.63) is 11.4 Å². The van der Waals surface area contributed by atoms with Crippen LogP contribution in [-0.4, -0.2) is 35.3 Å². The monoisotopic (exact) mass is 238 g/mol. The predicted octanol–water partition coefficient (Wildman–Crippen LogP) is 0.986. The van der Waals surface area contributed by atoms with Gasteiger partial charge in [0.1, 0.15) is 0 Å². The first kappa shape index (κ1) is 12.5. The molecule has 1 aliphatic rings. The van der Waals surface area contributed by atoms with Gasteiger partial charge in [0.05, 0.1) is 24.5 Å². The third kappa shape index (κ3) is 3.51. The fourth-order valence-corrected chi connectivity index (χ4v) is 1.97. The molecule has 96 valence electrons. The SMILES string of the molecule is CCOCCn1nnc(CNC)c1CC1CC1. The molecule has 0 aromatic carbocycles. The second-order valence-corrected chi connectivity index (χ2v) is 4.58. The molecule has 0 radical (unpaired) electrons. The van der Waals surface area contributed by atoms with E-state index in [-0.39, 0.29) is 0 Å². The van der Waals surface area contributed by atoms with Gasteiger partial charge < -0.3 is 10.1 Å². The number of rotatable bonds is 8. The molecule has 1 saturated carbocycles. The quantitative estimate of drug-likeness (QED) is 0.686. The van der Waals surface area contributed by atoms with Gasteiger partial charge in [-0.05, 0) is 39.2 Å². The molecule has 1 N–H and O–H groups in total. The summed E-state index contributed by atoms with van der Waals surface area (Å²) in [7, 11) is 1.94. The van der Waals surface area contributed by atoms with E-state index in [0.717, 1.165) is 44.3 Å². The lowest BCUT2D eigenvalue weighted by Gasteiger charge is -2.07. The summed E-state index contributed by atoms with van der Waals surface area (Å²) in [4.78, 5) is 0. The van der Waals surface area contributed by atoms with E-state index in [1.54, 1.807) is 0 Å². The number of nitrogens with zero attached hydrogens (tertiary/aromatic N) is 3. The Labute approximate surface area is 103 Å². The number of nitrogens with one attached hydrogen (secondary N) is 1. The summed E-state index contributed by atoms with van der Waals surface area (Å²) in [5, 5.41) is 11.6. The maximum absolute atomic E-state index is 5.38. The molecule has 0 atom stereocenters. The first-order valence-corrected chi connectivity index (χ1v) is 6.48. The van der Waals surface area contributed by atoms with E-state index in [0.29, 0.717) is 0 Å². The Morgan fingerprint density at radius 1 is 1.47 bits per heavy atom. The van der Waals surface area contributed by atoms with Gasteiger partial charge in [0.2, 0.25) is 0 Å². The second kappa shape index (κ2) is 6.12. The van der Waals surface area contributed by atoms with Crippen LogP contribution in [0.15, 0.2) is 0 Å². The van der Waals surface area contributed by atoms with Crippen molar-refractivity contribution in [2.45, 2.75) is 39.3 Å². The highest BCUT2D eigenvalue weighted by atomic mass is 16.5. The zero-order chi connectivity index (χ0) is 12.1. The van der Waals surface area contributed by atoms with Gasteiger partial charge in [-0.15, -0.1) is 5.10 Å². The van der Waals surface area contributed by atoms with E-state index in [1.807, 2.05) is 18.7 Å². The van der Waals surface area contributed by atoms with Crippen LogP contribution in [0, 0.1) is 5.92 Å². The average Bonchev–Trinajstić information content (AvgIpc) is 3.06. The lowest BCUT2D eigenvalue weighted by atomic mass is 10.2. The summed E-state index contributed by atoms with van der Waals surface area (Å²) in [6.07, 6.45) is 3.83. The van der Waals surface area contributed by atoms with Gasteiger partial charge in [-0.2, -0.15) is 0 Å². The van der Waals surface area contributed by atoms with Crippen molar-refractivity contribution in [2.24, 2.45) is 5.92 Å². The fourth-order valence-electron chi connectivity index (χ4n) is 1.97. The molecule has 5 nitrogen and oxygen atoms in total. The van der Waals surface area contributed by atoms with Crippen molar-refractivity contribution < 1.29 is 4.74 Å². The number of hydrogen-bond donors (Lipinski definition) is 1. The van der Waals surface area contributed by atoms with Crippen molar-refractivity contribution >= 4 is 0 Å². The van der Waals surface area contributed by atoms with Crippen LogP contribution in [0.4, 0.5) is 0 Å². The Morgan fingerprint density at radius 3 is 2.94 bits per heavy atom. The Hall–Kier alpha value is -0.940.